The first-order valence-corrected chi connectivity index (χ1v) is 6.75. The summed E-state index contributed by atoms with van der Waals surface area (Å²) in [7, 11) is 0. The number of hydrogen-bond donors (Lipinski definition) is 2. The van der Waals surface area contributed by atoms with Crippen LogP contribution in [0, 0.1) is 15.5 Å². The molecule has 110 valence electrons. The zero-order valence-corrected chi connectivity index (χ0v) is 11.8. The molecule has 1 saturated carbocycles. The van der Waals surface area contributed by atoms with Gasteiger partial charge in [0.15, 0.2) is 0 Å². The Balaban J connectivity index is 2.13. The summed E-state index contributed by atoms with van der Waals surface area (Å²) in [6, 6.07) is 4.66. The fraction of sp³-hybridized carbons (Fsp3) is 0.571. The highest BCUT2D eigenvalue weighted by atomic mass is 16.6. The molecule has 0 aromatic heterocycles. The van der Waals surface area contributed by atoms with Crippen molar-refractivity contribution in [1.29, 1.82) is 0 Å². The third-order valence-electron chi connectivity index (χ3n) is 3.43. The number of aliphatic hydroxyl groups excluding tert-OH is 1. The van der Waals surface area contributed by atoms with Crippen molar-refractivity contribution in [3.63, 3.8) is 0 Å². The molecule has 0 unspecified atom stereocenters. The van der Waals surface area contributed by atoms with E-state index in [9.17, 15) is 15.2 Å². The predicted molar refractivity (Wildman–Crippen MR) is 76.1 cm³/mol. The quantitative estimate of drug-likeness (QED) is 0.592. The van der Waals surface area contributed by atoms with Gasteiger partial charge in [0.1, 0.15) is 5.75 Å². The molecule has 0 saturated heterocycles. The maximum atomic E-state index is 10.9. The number of anilines is 1. The second-order valence-electron chi connectivity index (χ2n) is 5.65. The van der Waals surface area contributed by atoms with Crippen molar-refractivity contribution in [3.8, 4) is 5.75 Å². The van der Waals surface area contributed by atoms with Crippen molar-refractivity contribution < 1.29 is 14.8 Å². The van der Waals surface area contributed by atoms with E-state index in [1.807, 2.05) is 13.8 Å². The van der Waals surface area contributed by atoms with Gasteiger partial charge in [-0.05, 0) is 26.7 Å². The van der Waals surface area contributed by atoms with E-state index in [4.69, 9.17) is 4.74 Å². The Labute approximate surface area is 117 Å². The van der Waals surface area contributed by atoms with Crippen LogP contribution in [0.1, 0.15) is 26.7 Å². The molecule has 0 spiro atoms. The van der Waals surface area contributed by atoms with Gasteiger partial charge in [-0.25, -0.2) is 0 Å². The standard InChI is InChI=1S/C14H20N2O4/c1-10(2)20-13-6-11(5-12(7-13)16(18)19)15-8-14(9-17)3-4-14/h5-7,10,15,17H,3-4,8-9H2,1-2H3. The minimum absolute atomic E-state index is 0.000467. The Hall–Kier alpha value is -1.82. The molecule has 6 nitrogen and oxygen atoms in total. The van der Waals surface area contributed by atoms with Crippen LogP contribution in [0.15, 0.2) is 18.2 Å². The van der Waals surface area contributed by atoms with Gasteiger partial charge < -0.3 is 15.2 Å². The van der Waals surface area contributed by atoms with Crippen LogP contribution in [-0.4, -0.2) is 29.3 Å². The molecule has 0 aliphatic heterocycles. The van der Waals surface area contributed by atoms with E-state index in [0.717, 1.165) is 12.8 Å². The Morgan fingerprint density at radius 1 is 1.45 bits per heavy atom. The second kappa shape index (κ2) is 5.66. The Morgan fingerprint density at radius 3 is 2.65 bits per heavy atom. The van der Waals surface area contributed by atoms with E-state index in [1.165, 1.54) is 12.1 Å². The lowest BCUT2D eigenvalue weighted by Gasteiger charge is -2.15. The highest BCUT2D eigenvalue weighted by Crippen LogP contribution is 2.45. The summed E-state index contributed by atoms with van der Waals surface area (Å²) >= 11 is 0. The van der Waals surface area contributed by atoms with Crippen molar-refractivity contribution in [1.82, 2.24) is 0 Å². The molecule has 1 aromatic carbocycles. The van der Waals surface area contributed by atoms with Crippen molar-refractivity contribution in [3.05, 3.63) is 28.3 Å². The number of rotatable bonds is 7. The van der Waals surface area contributed by atoms with Gasteiger partial charge >= 0.3 is 0 Å². The van der Waals surface area contributed by atoms with Gasteiger partial charge in [-0.2, -0.15) is 0 Å². The maximum Gasteiger partial charge on any atom is 0.275 e. The van der Waals surface area contributed by atoms with Gasteiger partial charge in [0, 0.05) is 29.8 Å². The predicted octanol–water partition coefficient (Wildman–Crippen LogP) is 2.57. The molecule has 2 N–H and O–H groups in total. The molecule has 0 amide bonds. The summed E-state index contributed by atoms with van der Waals surface area (Å²) < 4.78 is 5.53. The SMILES string of the molecule is CC(C)Oc1cc(NCC2(CO)CC2)cc([N+](=O)[O-])c1. The molecular weight excluding hydrogens is 260 g/mol. The van der Waals surface area contributed by atoms with Crippen molar-refractivity contribution in [2.45, 2.75) is 32.8 Å². The van der Waals surface area contributed by atoms with Gasteiger partial charge in [-0.15, -0.1) is 0 Å². The fourth-order valence-corrected chi connectivity index (χ4v) is 1.99. The van der Waals surface area contributed by atoms with Crippen LogP contribution in [0.2, 0.25) is 0 Å². The molecule has 6 heteroatoms. The summed E-state index contributed by atoms with van der Waals surface area (Å²) in [5.41, 5.74) is 0.595. The molecular formula is C14H20N2O4. The number of nitrogens with one attached hydrogen (secondary N) is 1. The lowest BCUT2D eigenvalue weighted by molar-refractivity contribution is -0.384. The minimum Gasteiger partial charge on any atom is -0.491 e. The molecule has 0 heterocycles. The maximum absolute atomic E-state index is 10.9. The average molecular weight is 280 g/mol. The normalized spacial score (nSPS) is 16.0. The van der Waals surface area contributed by atoms with Crippen LogP contribution in [0.5, 0.6) is 5.75 Å². The van der Waals surface area contributed by atoms with E-state index < -0.39 is 4.92 Å². The monoisotopic (exact) mass is 280 g/mol. The third-order valence-corrected chi connectivity index (χ3v) is 3.43. The number of ether oxygens (including phenoxy) is 1. The molecule has 1 aliphatic carbocycles. The zero-order chi connectivity index (χ0) is 14.8. The first-order chi connectivity index (χ1) is 9.44. The summed E-state index contributed by atoms with van der Waals surface area (Å²) in [6.45, 7) is 4.50. The summed E-state index contributed by atoms with van der Waals surface area (Å²) in [4.78, 5) is 10.5. The fourth-order valence-electron chi connectivity index (χ4n) is 1.99. The van der Waals surface area contributed by atoms with Gasteiger partial charge in [0.25, 0.3) is 5.69 Å². The van der Waals surface area contributed by atoms with Crippen LogP contribution in [0.25, 0.3) is 0 Å². The van der Waals surface area contributed by atoms with Gasteiger partial charge in [-0.1, -0.05) is 0 Å². The molecule has 2 rings (SSSR count). The number of nitrogens with zero attached hydrogens (tertiary/aromatic N) is 1. The molecule has 1 aliphatic rings. The van der Waals surface area contributed by atoms with Crippen LogP contribution in [0.4, 0.5) is 11.4 Å². The number of benzene rings is 1. The van der Waals surface area contributed by atoms with Crippen molar-refractivity contribution >= 4 is 11.4 Å². The molecule has 1 aromatic rings. The molecule has 1 fully saturated rings. The molecule has 0 radical (unpaired) electrons. The van der Waals surface area contributed by atoms with E-state index >= 15 is 0 Å². The smallest absolute Gasteiger partial charge is 0.275 e. The average Bonchev–Trinajstić information content (AvgIpc) is 3.16. The number of nitro groups is 1. The minimum atomic E-state index is -0.433. The highest BCUT2D eigenvalue weighted by Gasteiger charge is 2.41. The molecule has 0 atom stereocenters. The number of non-ortho nitro benzene ring substituents is 1. The first kappa shape index (κ1) is 14.6. The zero-order valence-electron chi connectivity index (χ0n) is 11.8. The van der Waals surface area contributed by atoms with Crippen molar-refractivity contribution in [2.24, 2.45) is 5.41 Å². The largest absolute Gasteiger partial charge is 0.491 e. The van der Waals surface area contributed by atoms with Crippen LogP contribution in [0.3, 0.4) is 0 Å². The molecule has 0 bridgehead atoms. The van der Waals surface area contributed by atoms with E-state index in [-0.39, 0.29) is 23.8 Å². The second-order valence-corrected chi connectivity index (χ2v) is 5.65. The van der Waals surface area contributed by atoms with Crippen LogP contribution >= 0.6 is 0 Å². The van der Waals surface area contributed by atoms with E-state index in [0.29, 0.717) is 18.0 Å². The topological polar surface area (TPSA) is 84.6 Å². The highest BCUT2D eigenvalue weighted by molar-refractivity contribution is 5.56. The number of nitro benzene ring substituents is 1. The lowest BCUT2D eigenvalue weighted by Crippen LogP contribution is -2.19. The van der Waals surface area contributed by atoms with Gasteiger partial charge in [-0.3, -0.25) is 10.1 Å². The summed E-state index contributed by atoms with van der Waals surface area (Å²) in [5.74, 6) is 0.477. The Kier molecular flexibility index (Phi) is 4.13. The Bertz CT molecular complexity index is 498. The number of aliphatic hydroxyl groups is 1. The van der Waals surface area contributed by atoms with E-state index in [2.05, 4.69) is 5.32 Å². The van der Waals surface area contributed by atoms with Gasteiger partial charge in [0.2, 0.25) is 0 Å². The van der Waals surface area contributed by atoms with Crippen molar-refractivity contribution in [2.75, 3.05) is 18.5 Å². The van der Waals surface area contributed by atoms with Crippen LogP contribution in [-0.2, 0) is 0 Å². The Morgan fingerprint density at radius 2 is 2.15 bits per heavy atom. The summed E-state index contributed by atoms with van der Waals surface area (Å²) in [6.07, 6.45) is 1.93. The molecule has 20 heavy (non-hydrogen) atoms. The summed E-state index contributed by atoms with van der Waals surface area (Å²) in [5, 5.41) is 23.4. The number of hydrogen-bond acceptors (Lipinski definition) is 5. The first-order valence-electron chi connectivity index (χ1n) is 6.75. The van der Waals surface area contributed by atoms with E-state index in [1.54, 1.807) is 6.07 Å². The van der Waals surface area contributed by atoms with Gasteiger partial charge in [0.05, 0.1) is 23.7 Å². The van der Waals surface area contributed by atoms with Crippen LogP contribution < -0.4 is 10.1 Å². The third kappa shape index (κ3) is 3.60. The lowest BCUT2D eigenvalue weighted by atomic mass is 10.1.